The van der Waals surface area contributed by atoms with Gasteiger partial charge in [-0.3, -0.25) is 0 Å². The molecule has 0 aliphatic carbocycles. The molecule has 0 saturated carbocycles. The van der Waals surface area contributed by atoms with Crippen LogP contribution in [0.5, 0.6) is 0 Å². The SMILES string of the molecule is O=C(Nc1ccc(CCCCSC(F)(F)F)cc1)Nc1c[nH]c2ccc(Cl)cc12. The van der Waals surface area contributed by atoms with Crippen LogP contribution in [0.25, 0.3) is 10.9 Å². The number of aromatic nitrogens is 1. The molecular weight excluding hydrogens is 423 g/mol. The number of fused-ring (bicyclic) bond motifs is 1. The van der Waals surface area contributed by atoms with Crippen molar-refractivity contribution >= 4 is 51.7 Å². The first-order chi connectivity index (χ1) is 13.8. The molecule has 0 saturated heterocycles. The first kappa shape index (κ1) is 21.4. The molecule has 4 nitrogen and oxygen atoms in total. The zero-order chi connectivity index (χ0) is 20.9. The third kappa shape index (κ3) is 6.61. The Hall–Kier alpha value is -2.32. The van der Waals surface area contributed by atoms with Crippen LogP contribution in [-0.4, -0.2) is 22.3 Å². The van der Waals surface area contributed by atoms with Crippen LogP contribution in [0.3, 0.4) is 0 Å². The Morgan fingerprint density at radius 2 is 1.83 bits per heavy atom. The first-order valence-electron chi connectivity index (χ1n) is 8.94. The summed E-state index contributed by atoms with van der Waals surface area (Å²) in [6, 6.07) is 12.2. The van der Waals surface area contributed by atoms with Gasteiger partial charge in [-0.2, -0.15) is 13.2 Å². The standard InChI is InChI=1S/C20H19ClF3N3OS/c21-14-6-9-17-16(11-14)18(12-25-17)27-19(28)26-15-7-4-13(5-8-15)3-1-2-10-29-20(22,23)24/h4-9,11-12,25H,1-3,10H2,(H2,26,27,28). The number of carbonyl (C=O) groups excluding carboxylic acids is 1. The van der Waals surface area contributed by atoms with E-state index in [2.05, 4.69) is 15.6 Å². The van der Waals surface area contributed by atoms with E-state index >= 15 is 0 Å². The number of anilines is 2. The minimum Gasteiger partial charge on any atom is -0.359 e. The number of rotatable bonds is 7. The number of halogens is 4. The van der Waals surface area contributed by atoms with Crippen molar-refractivity contribution in [2.75, 3.05) is 16.4 Å². The lowest BCUT2D eigenvalue weighted by molar-refractivity contribution is -0.0328. The Balaban J connectivity index is 1.47. The Kier molecular flexibility index (Phi) is 6.97. The van der Waals surface area contributed by atoms with Crippen LogP contribution >= 0.6 is 23.4 Å². The van der Waals surface area contributed by atoms with Crippen molar-refractivity contribution in [3.05, 3.63) is 59.2 Å². The number of carbonyl (C=O) groups is 1. The number of hydrogen-bond donors (Lipinski definition) is 3. The monoisotopic (exact) mass is 441 g/mol. The number of aryl methyl sites for hydroxylation is 1. The van der Waals surface area contributed by atoms with Gasteiger partial charge in [-0.15, -0.1) is 0 Å². The van der Waals surface area contributed by atoms with Gasteiger partial charge in [0, 0.05) is 33.6 Å². The fraction of sp³-hybridized carbons (Fsp3) is 0.250. The summed E-state index contributed by atoms with van der Waals surface area (Å²) >= 11 is 6.03. The maximum Gasteiger partial charge on any atom is 0.441 e. The van der Waals surface area contributed by atoms with E-state index in [0.717, 1.165) is 16.5 Å². The number of H-pyrrole nitrogens is 1. The highest BCUT2D eigenvalue weighted by Crippen LogP contribution is 2.31. The van der Waals surface area contributed by atoms with Crippen molar-refractivity contribution in [3.8, 4) is 0 Å². The second kappa shape index (κ2) is 9.45. The zero-order valence-corrected chi connectivity index (χ0v) is 16.8. The van der Waals surface area contributed by atoms with Crippen molar-refractivity contribution in [2.45, 2.75) is 24.8 Å². The minimum atomic E-state index is -4.16. The van der Waals surface area contributed by atoms with Gasteiger partial charge in [0.25, 0.3) is 0 Å². The number of urea groups is 1. The summed E-state index contributed by atoms with van der Waals surface area (Å²) in [5.74, 6) is 0.0718. The number of alkyl halides is 3. The fourth-order valence-corrected chi connectivity index (χ4v) is 3.61. The lowest BCUT2D eigenvalue weighted by Gasteiger charge is -2.08. The van der Waals surface area contributed by atoms with E-state index in [1.807, 2.05) is 18.2 Å². The molecule has 9 heteroatoms. The van der Waals surface area contributed by atoms with E-state index in [0.29, 0.717) is 35.7 Å². The zero-order valence-electron chi connectivity index (χ0n) is 15.3. The maximum absolute atomic E-state index is 12.3. The number of thioether (sulfide) groups is 1. The number of nitrogens with one attached hydrogen (secondary N) is 3. The molecule has 0 spiro atoms. The summed E-state index contributed by atoms with van der Waals surface area (Å²) < 4.78 is 36.3. The molecule has 1 heterocycles. The summed E-state index contributed by atoms with van der Waals surface area (Å²) in [5.41, 5.74) is -1.04. The fourth-order valence-electron chi connectivity index (χ4n) is 2.85. The summed E-state index contributed by atoms with van der Waals surface area (Å²) in [5, 5.41) is 6.92. The van der Waals surface area contributed by atoms with Crippen LogP contribution < -0.4 is 10.6 Å². The van der Waals surface area contributed by atoms with Crippen molar-refractivity contribution in [1.29, 1.82) is 0 Å². The van der Waals surface area contributed by atoms with Crippen LogP contribution in [0.15, 0.2) is 48.7 Å². The van der Waals surface area contributed by atoms with Crippen molar-refractivity contribution in [1.82, 2.24) is 4.98 Å². The summed E-state index contributed by atoms with van der Waals surface area (Å²) in [6.45, 7) is 0. The largest absolute Gasteiger partial charge is 0.441 e. The van der Waals surface area contributed by atoms with Crippen molar-refractivity contribution in [3.63, 3.8) is 0 Å². The molecule has 0 fully saturated rings. The van der Waals surface area contributed by atoms with Crippen molar-refractivity contribution < 1.29 is 18.0 Å². The Morgan fingerprint density at radius 3 is 2.55 bits per heavy atom. The molecule has 0 aliphatic rings. The molecule has 0 unspecified atom stereocenters. The summed E-state index contributed by atoms with van der Waals surface area (Å²) in [6.07, 6.45) is 3.57. The first-order valence-corrected chi connectivity index (χ1v) is 10.3. The molecule has 0 atom stereocenters. The molecule has 0 aliphatic heterocycles. The second-order valence-corrected chi connectivity index (χ2v) is 8.02. The van der Waals surface area contributed by atoms with Crippen LogP contribution in [0.1, 0.15) is 18.4 Å². The number of unbranched alkanes of at least 4 members (excludes halogenated alkanes) is 1. The molecule has 2 amide bonds. The molecule has 29 heavy (non-hydrogen) atoms. The van der Waals surface area contributed by atoms with E-state index in [-0.39, 0.29) is 23.5 Å². The summed E-state index contributed by atoms with van der Waals surface area (Å²) in [7, 11) is 0. The van der Waals surface area contributed by atoms with Gasteiger partial charge in [0.05, 0.1) is 5.69 Å². The Labute approximate surface area is 175 Å². The molecule has 3 aromatic rings. The molecule has 2 aromatic carbocycles. The van der Waals surface area contributed by atoms with Gasteiger partial charge in [0.2, 0.25) is 0 Å². The number of hydrogen-bond acceptors (Lipinski definition) is 2. The molecule has 1 aromatic heterocycles. The average Bonchev–Trinajstić information content (AvgIpc) is 3.04. The minimum absolute atomic E-state index is 0.0166. The normalized spacial score (nSPS) is 11.6. The van der Waals surface area contributed by atoms with Crippen molar-refractivity contribution in [2.24, 2.45) is 0 Å². The van der Waals surface area contributed by atoms with Crippen LogP contribution in [0.4, 0.5) is 29.3 Å². The van der Waals surface area contributed by atoms with E-state index < -0.39 is 5.51 Å². The second-order valence-electron chi connectivity index (χ2n) is 6.42. The van der Waals surface area contributed by atoms with E-state index in [1.165, 1.54) is 0 Å². The number of amides is 2. The topological polar surface area (TPSA) is 56.9 Å². The maximum atomic E-state index is 12.3. The smallest absolute Gasteiger partial charge is 0.359 e. The summed E-state index contributed by atoms with van der Waals surface area (Å²) in [4.78, 5) is 15.3. The molecular formula is C20H19ClF3N3OS. The lowest BCUT2D eigenvalue weighted by atomic mass is 10.1. The Morgan fingerprint density at radius 1 is 1.07 bits per heavy atom. The van der Waals surface area contributed by atoms with E-state index in [4.69, 9.17) is 11.6 Å². The Bertz CT molecular complexity index is 973. The van der Waals surface area contributed by atoms with E-state index in [1.54, 1.807) is 30.5 Å². The van der Waals surface area contributed by atoms with Crippen LogP contribution in [-0.2, 0) is 6.42 Å². The molecule has 154 valence electrons. The third-order valence-corrected chi connectivity index (χ3v) is 5.28. The van der Waals surface area contributed by atoms with Gasteiger partial charge in [0.15, 0.2) is 0 Å². The van der Waals surface area contributed by atoms with Gasteiger partial charge in [-0.05, 0) is 55.2 Å². The van der Waals surface area contributed by atoms with Gasteiger partial charge >= 0.3 is 11.5 Å². The average molecular weight is 442 g/mol. The molecule has 0 bridgehead atoms. The highest BCUT2D eigenvalue weighted by Gasteiger charge is 2.27. The third-order valence-electron chi connectivity index (χ3n) is 4.23. The van der Waals surface area contributed by atoms with Gasteiger partial charge < -0.3 is 15.6 Å². The molecule has 0 radical (unpaired) electrons. The lowest BCUT2D eigenvalue weighted by Crippen LogP contribution is -2.19. The highest BCUT2D eigenvalue weighted by molar-refractivity contribution is 8.00. The highest BCUT2D eigenvalue weighted by atomic mass is 35.5. The molecule has 3 rings (SSSR count). The molecule has 3 N–H and O–H groups in total. The predicted molar refractivity (Wildman–Crippen MR) is 114 cm³/mol. The van der Waals surface area contributed by atoms with Gasteiger partial charge in [-0.1, -0.05) is 35.5 Å². The van der Waals surface area contributed by atoms with E-state index in [9.17, 15) is 18.0 Å². The van der Waals surface area contributed by atoms with Crippen LogP contribution in [0.2, 0.25) is 5.02 Å². The van der Waals surface area contributed by atoms with Crippen LogP contribution in [0, 0.1) is 0 Å². The van der Waals surface area contributed by atoms with Gasteiger partial charge in [-0.25, -0.2) is 4.79 Å². The quantitative estimate of drug-likeness (QED) is 0.344. The van der Waals surface area contributed by atoms with Gasteiger partial charge in [0.1, 0.15) is 0 Å². The number of benzene rings is 2. The number of aromatic amines is 1. The predicted octanol–water partition coefficient (Wildman–Crippen LogP) is 7.04.